The zero-order valence-corrected chi connectivity index (χ0v) is 8.03. The molecule has 6 nitrogen and oxygen atoms in total. The molecule has 14 heavy (non-hydrogen) atoms. The molecule has 4 N–H and O–H groups in total. The number of nitrogens with two attached hydrogens (primary N) is 1. The lowest BCUT2D eigenvalue weighted by Crippen LogP contribution is -2.66. The van der Waals surface area contributed by atoms with E-state index in [0.717, 1.165) is 26.3 Å². The largest absolute Gasteiger partial charge is 0.379 e. The Morgan fingerprint density at radius 3 is 2.79 bits per heavy atom. The number of morpholine rings is 1. The average Bonchev–Trinajstić information content (AvgIpc) is 2.18. The summed E-state index contributed by atoms with van der Waals surface area (Å²) in [5.41, 5.74) is 5.62. The van der Waals surface area contributed by atoms with Gasteiger partial charge in [0.05, 0.1) is 25.8 Å². The molecule has 0 aromatic carbocycles. The van der Waals surface area contributed by atoms with Gasteiger partial charge in [0, 0.05) is 13.1 Å². The van der Waals surface area contributed by atoms with Crippen molar-refractivity contribution >= 4 is 5.91 Å². The Balaban J connectivity index is 1.91. The second-order valence-corrected chi connectivity index (χ2v) is 3.58. The molecule has 2 aliphatic rings. The molecule has 0 aromatic heterocycles. The molecule has 0 spiro atoms. The minimum Gasteiger partial charge on any atom is -0.379 e. The predicted octanol–water partition coefficient (Wildman–Crippen LogP) is -2.00. The van der Waals surface area contributed by atoms with Gasteiger partial charge >= 0.3 is 0 Å². The second-order valence-electron chi connectivity index (χ2n) is 3.58. The number of carbonyl (C=O) groups is 1. The van der Waals surface area contributed by atoms with Gasteiger partial charge in [-0.25, -0.2) is 0 Å². The van der Waals surface area contributed by atoms with Crippen molar-refractivity contribution in [2.45, 2.75) is 18.9 Å². The lowest BCUT2D eigenvalue weighted by Gasteiger charge is -2.38. The van der Waals surface area contributed by atoms with E-state index < -0.39 is 6.29 Å². The van der Waals surface area contributed by atoms with Gasteiger partial charge in [-0.1, -0.05) is 0 Å². The molecule has 2 fully saturated rings. The van der Waals surface area contributed by atoms with Crippen molar-refractivity contribution in [1.29, 1.82) is 0 Å². The van der Waals surface area contributed by atoms with Gasteiger partial charge in [0.25, 0.3) is 0 Å². The molecule has 2 unspecified atom stereocenters. The molecule has 2 aliphatic heterocycles. The van der Waals surface area contributed by atoms with Crippen LogP contribution in [0, 0.1) is 0 Å². The van der Waals surface area contributed by atoms with Crippen LogP contribution in [0.25, 0.3) is 0 Å². The number of nitrogens with zero attached hydrogens (tertiary/aromatic N) is 1. The first-order valence-electron chi connectivity index (χ1n) is 4.88. The van der Waals surface area contributed by atoms with Crippen molar-refractivity contribution in [2.24, 2.45) is 5.73 Å². The van der Waals surface area contributed by atoms with Crippen LogP contribution >= 0.6 is 0 Å². The molecule has 2 heterocycles. The number of amides is 1. The van der Waals surface area contributed by atoms with Gasteiger partial charge < -0.3 is 10.1 Å². The van der Waals surface area contributed by atoms with E-state index in [9.17, 15) is 4.79 Å². The molecule has 0 radical (unpaired) electrons. The molecule has 0 aliphatic carbocycles. The summed E-state index contributed by atoms with van der Waals surface area (Å²) in [5.74, 6) is 0.00717. The van der Waals surface area contributed by atoms with Crippen LogP contribution in [0.2, 0.25) is 0 Å². The maximum absolute atomic E-state index is 11.2. The van der Waals surface area contributed by atoms with Gasteiger partial charge in [-0.2, -0.15) is 0 Å². The maximum atomic E-state index is 11.2. The standard InChI is InChI=1S/C8H16N4O2/c9-8-10-6(5-7(13)11-8)12-1-3-14-4-2-12/h6,8,10H,1-5,9H2,(H,11,13). The number of hydrogen-bond acceptors (Lipinski definition) is 5. The molecule has 0 saturated carbocycles. The van der Waals surface area contributed by atoms with Gasteiger partial charge in [-0.3, -0.25) is 20.7 Å². The van der Waals surface area contributed by atoms with E-state index in [-0.39, 0.29) is 12.1 Å². The highest BCUT2D eigenvalue weighted by Gasteiger charge is 2.28. The number of carbonyl (C=O) groups excluding carboxylic acids is 1. The summed E-state index contributed by atoms with van der Waals surface area (Å²) in [6.45, 7) is 3.18. The predicted molar refractivity (Wildman–Crippen MR) is 50.1 cm³/mol. The summed E-state index contributed by atoms with van der Waals surface area (Å²) in [4.78, 5) is 13.4. The molecule has 0 aromatic rings. The fraction of sp³-hybridized carbons (Fsp3) is 0.875. The molecule has 80 valence electrons. The van der Waals surface area contributed by atoms with Crippen LogP contribution < -0.4 is 16.4 Å². The van der Waals surface area contributed by atoms with Crippen molar-refractivity contribution in [3.05, 3.63) is 0 Å². The highest BCUT2D eigenvalue weighted by molar-refractivity contribution is 5.77. The van der Waals surface area contributed by atoms with E-state index in [0.29, 0.717) is 6.42 Å². The van der Waals surface area contributed by atoms with Crippen LogP contribution in [-0.2, 0) is 9.53 Å². The Kier molecular flexibility index (Phi) is 2.97. The van der Waals surface area contributed by atoms with Crippen LogP contribution in [-0.4, -0.2) is 49.6 Å². The molecule has 2 atom stereocenters. The normalized spacial score (nSPS) is 35.4. The van der Waals surface area contributed by atoms with E-state index in [1.807, 2.05) is 0 Å². The highest BCUT2D eigenvalue weighted by atomic mass is 16.5. The molecule has 6 heteroatoms. The SMILES string of the molecule is NC1NC(=O)CC(N2CCOCC2)N1. The summed E-state index contributed by atoms with van der Waals surface area (Å²) in [6, 6.07) is 0. The van der Waals surface area contributed by atoms with Crippen molar-refractivity contribution in [1.82, 2.24) is 15.5 Å². The van der Waals surface area contributed by atoms with Crippen LogP contribution in [0.5, 0.6) is 0 Å². The minimum atomic E-state index is -0.427. The Bertz CT molecular complexity index is 217. The van der Waals surface area contributed by atoms with E-state index in [1.54, 1.807) is 0 Å². The van der Waals surface area contributed by atoms with Crippen molar-refractivity contribution < 1.29 is 9.53 Å². The molecule has 2 rings (SSSR count). The quantitative estimate of drug-likeness (QED) is 0.456. The first-order valence-corrected chi connectivity index (χ1v) is 4.88. The minimum absolute atomic E-state index is 0.00717. The molecule has 2 saturated heterocycles. The van der Waals surface area contributed by atoms with Crippen molar-refractivity contribution in [3.63, 3.8) is 0 Å². The summed E-state index contributed by atoms with van der Waals surface area (Å²) in [7, 11) is 0. The molecular formula is C8H16N4O2. The fourth-order valence-corrected chi connectivity index (χ4v) is 1.84. The summed E-state index contributed by atoms with van der Waals surface area (Å²) in [6.07, 6.45) is 0.0972. The van der Waals surface area contributed by atoms with E-state index in [1.165, 1.54) is 0 Å². The molecular weight excluding hydrogens is 184 g/mol. The third-order valence-corrected chi connectivity index (χ3v) is 2.55. The maximum Gasteiger partial charge on any atom is 0.225 e. The zero-order valence-electron chi connectivity index (χ0n) is 8.03. The average molecular weight is 200 g/mol. The van der Waals surface area contributed by atoms with Gasteiger partial charge in [0.2, 0.25) is 5.91 Å². The third kappa shape index (κ3) is 2.21. The Hall–Kier alpha value is -0.690. The monoisotopic (exact) mass is 200 g/mol. The van der Waals surface area contributed by atoms with Crippen LogP contribution in [0.3, 0.4) is 0 Å². The van der Waals surface area contributed by atoms with Gasteiger partial charge in [0.15, 0.2) is 0 Å². The number of rotatable bonds is 1. The van der Waals surface area contributed by atoms with E-state index in [4.69, 9.17) is 10.5 Å². The summed E-state index contributed by atoms with van der Waals surface area (Å²) < 4.78 is 5.24. The van der Waals surface area contributed by atoms with Gasteiger partial charge in [-0.05, 0) is 0 Å². The summed E-state index contributed by atoms with van der Waals surface area (Å²) in [5, 5.41) is 5.75. The lowest BCUT2D eigenvalue weighted by molar-refractivity contribution is -0.127. The molecule has 1 amide bonds. The van der Waals surface area contributed by atoms with Gasteiger partial charge in [0.1, 0.15) is 6.29 Å². The first kappa shape index (κ1) is 9.85. The van der Waals surface area contributed by atoms with E-state index >= 15 is 0 Å². The number of nitrogens with one attached hydrogen (secondary N) is 2. The smallest absolute Gasteiger partial charge is 0.225 e. The Labute approximate surface area is 82.8 Å². The number of hydrogen-bond donors (Lipinski definition) is 3. The topological polar surface area (TPSA) is 79.6 Å². The van der Waals surface area contributed by atoms with Crippen LogP contribution in [0.4, 0.5) is 0 Å². The third-order valence-electron chi connectivity index (χ3n) is 2.55. The van der Waals surface area contributed by atoms with Crippen LogP contribution in [0.1, 0.15) is 6.42 Å². The molecule has 0 bridgehead atoms. The highest BCUT2D eigenvalue weighted by Crippen LogP contribution is 2.07. The van der Waals surface area contributed by atoms with Crippen LogP contribution in [0.15, 0.2) is 0 Å². The number of ether oxygens (including phenoxy) is 1. The summed E-state index contributed by atoms with van der Waals surface area (Å²) >= 11 is 0. The lowest BCUT2D eigenvalue weighted by atomic mass is 10.2. The van der Waals surface area contributed by atoms with Crippen molar-refractivity contribution in [2.75, 3.05) is 26.3 Å². The fourth-order valence-electron chi connectivity index (χ4n) is 1.84. The van der Waals surface area contributed by atoms with E-state index in [2.05, 4.69) is 15.5 Å². The van der Waals surface area contributed by atoms with Gasteiger partial charge in [-0.15, -0.1) is 0 Å². The Morgan fingerprint density at radius 2 is 2.14 bits per heavy atom. The van der Waals surface area contributed by atoms with Crippen molar-refractivity contribution in [3.8, 4) is 0 Å². The second kappa shape index (κ2) is 4.22. The zero-order chi connectivity index (χ0) is 9.97. The first-order chi connectivity index (χ1) is 6.75. The Morgan fingerprint density at radius 1 is 1.43 bits per heavy atom.